The largest absolute Gasteiger partial charge is 0.480 e. The Bertz CT molecular complexity index is 894. The fourth-order valence-electron chi connectivity index (χ4n) is 4.71. The zero-order chi connectivity index (χ0) is 25.0. The number of rotatable bonds is 2. The molecule has 1 aromatic carbocycles. The van der Waals surface area contributed by atoms with E-state index in [4.69, 9.17) is 4.74 Å². The molecule has 1 N–H and O–H groups in total. The van der Waals surface area contributed by atoms with Crippen molar-refractivity contribution in [1.29, 1.82) is 0 Å². The Kier molecular flexibility index (Phi) is 6.27. The molecule has 3 rings (SSSR count). The molecular formula is C22H25F6NO4. The van der Waals surface area contributed by atoms with Crippen LogP contribution in [0.3, 0.4) is 0 Å². The van der Waals surface area contributed by atoms with Crippen molar-refractivity contribution < 1.29 is 45.8 Å². The van der Waals surface area contributed by atoms with E-state index in [1.807, 2.05) is 20.8 Å². The van der Waals surface area contributed by atoms with Gasteiger partial charge in [-0.1, -0.05) is 20.8 Å². The van der Waals surface area contributed by atoms with Crippen LogP contribution < -0.4 is 0 Å². The second kappa shape index (κ2) is 8.18. The van der Waals surface area contributed by atoms with Crippen molar-refractivity contribution in [3.63, 3.8) is 0 Å². The first-order valence-corrected chi connectivity index (χ1v) is 10.5. The van der Waals surface area contributed by atoms with Gasteiger partial charge in [-0.2, -0.15) is 26.3 Å². The van der Waals surface area contributed by atoms with Crippen LogP contribution in [-0.4, -0.2) is 40.3 Å². The minimum Gasteiger partial charge on any atom is -0.480 e. The van der Waals surface area contributed by atoms with E-state index in [0.29, 0.717) is 25.0 Å². The van der Waals surface area contributed by atoms with Crippen molar-refractivity contribution in [1.82, 2.24) is 4.90 Å². The molecule has 1 atom stereocenters. The van der Waals surface area contributed by atoms with Crippen LogP contribution in [0.25, 0.3) is 0 Å². The number of carbonyl (C=O) groups excluding carboxylic acids is 1. The van der Waals surface area contributed by atoms with Crippen LogP contribution in [0.15, 0.2) is 18.2 Å². The number of carbonyl (C=O) groups is 2. The van der Waals surface area contributed by atoms with E-state index in [1.165, 1.54) is 0 Å². The molecule has 1 saturated heterocycles. The molecule has 1 heterocycles. The number of carboxylic acids is 1. The number of aliphatic carboxylic acids is 1. The van der Waals surface area contributed by atoms with Crippen molar-refractivity contribution >= 4 is 11.9 Å². The standard InChI is InChI=1S/C22H25F6NO4/c1-19(2,3)13-4-6-20(7-5-13)29(16(11-33-20)18(31)32)17(30)12-8-14(21(23,24)25)10-15(9-12)22(26,27)28/h8-10,13,16H,4-7,11H2,1-3H3,(H,31,32). The molecule has 33 heavy (non-hydrogen) atoms. The lowest BCUT2D eigenvalue weighted by atomic mass is 9.70. The highest BCUT2D eigenvalue weighted by Gasteiger charge is 2.55. The number of ether oxygens (including phenoxy) is 1. The Morgan fingerprint density at radius 3 is 1.85 bits per heavy atom. The summed E-state index contributed by atoms with van der Waals surface area (Å²) in [5.41, 5.74) is -5.62. The number of benzene rings is 1. The molecule has 0 radical (unpaired) electrons. The van der Waals surface area contributed by atoms with Gasteiger partial charge in [0.2, 0.25) is 0 Å². The second-order valence-electron chi connectivity index (χ2n) is 9.72. The van der Waals surface area contributed by atoms with Crippen LogP contribution in [0.5, 0.6) is 0 Å². The molecule has 1 amide bonds. The lowest BCUT2D eigenvalue weighted by molar-refractivity contribution is -0.145. The molecule has 2 fully saturated rings. The van der Waals surface area contributed by atoms with Gasteiger partial charge in [0, 0.05) is 5.56 Å². The monoisotopic (exact) mass is 481 g/mol. The third-order valence-electron chi connectivity index (χ3n) is 6.59. The number of nitrogens with zero attached hydrogens (tertiary/aromatic N) is 1. The predicted octanol–water partition coefficient (Wildman–Crippen LogP) is 5.58. The first-order chi connectivity index (χ1) is 15.0. The summed E-state index contributed by atoms with van der Waals surface area (Å²) >= 11 is 0. The van der Waals surface area contributed by atoms with Crippen LogP contribution in [0.1, 0.15) is 67.9 Å². The zero-order valence-electron chi connectivity index (χ0n) is 18.3. The Balaban J connectivity index is 2.05. The van der Waals surface area contributed by atoms with Crippen molar-refractivity contribution in [2.45, 2.75) is 70.6 Å². The summed E-state index contributed by atoms with van der Waals surface area (Å²) < 4.78 is 85.4. The van der Waals surface area contributed by atoms with Gasteiger partial charge in [-0.15, -0.1) is 0 Å². The summed E-state index contributed by atoms with van der Waals surface area (Å²) in [4.78, 5) is 26.0. The normalized spacial score (nSPS) is 26.6. The van der Waals surface area contributed by atoms with Crippen molar-refractivity contribution in [2.24, 2.45) is 11.3 Å². The summed E-state index contributed by atoms with van der Waals surface area (Å²) in [5, 5.41) is 9.61. The Labute approximate surface area is 186 Å². The summed E-state index contributed by atoms with van der Waals surface area (Å²) in [6, 6.07) is -0.949. The third kappa shape index (κ3) is 4.97. The maximum atomic E-state index is 13.3. The van der Waals surface area contributed by atoms with Gasteiger partial charge in [-0.05, 0) is 55.2 Å². The smallest absolute Gasteiger partial charge is 0.416 e. The number of alkyl halides is 6. The molecule has 1 aliphatic heterocycles. The topological polar surface area (TPSA) is 66.8 Å². The van der Waals surface area contributed by atoms with E-state index in [9.17, 15) is 41.0 Å². The van der Waals surface area contributed by atoms with Gasteiger partial charge in [0.25, 0.3) is 5.91 Å². The third-order valence-corrected chi connectivity index (χ3v) is 6.59. The van der Waals surface area contributed by atoms with Crippen LogP contribution in [-0.2, 0) is 21.9 Å². The summed E-state index contributed by atoms with van der Waals surface area (Å²) in [6.45, 7) is 5.71. The summed E-state index contributed by atoms with van der Waals surface area (Å²) in [6.07, 6.45) is -8.67. The fourth-order valence-corrected chi connectivity index (χ4v) is 4.71. The SMILES string of the molecule is CC(C)(C)C1CCC2(CC1)OCC(C(=O)O)N2C(=O)c1cc(C(F)(F)F)cc(C(F)(F)F)c1. The number of carboxylic acid groups (broad SMARTS) is 1. The van der Waals surface area contributed by atoms with Gasteiger partial charge >= 0.3 is 18.3 Å². The number of amides is 1. The number of hydrogen-bond acceptors (Lipinski definition) is 3. The van der Waals surface area contributed by atoms with Crippen LogP contribution in [0.4, 0.5) is 26.3 Å². The molecule has 1 unspecified atom stereocenters. The van der Waals surface area contributed by atoms with Crippen molar-refractivity contribution in [2.75, 3.05) is 6.61 Å². The van der Waals surface area contributed by atoms with E-state index in [1.54, 1.807) is 0 Å². The quantitative estimate of drug-likeness (QED) is 0.560. The molecule has 0 bridgehead atoms. The molecule has 184 valence electrons. The highest BCUT2D eigenvalue weighted by molar-refractivity contribution is 5.98. The molecule has 5 nitrogen and oxygen atoms in total. The molecule has 1 aliphatic carbocycles. The van der Waals surface area contributed by atoms with Crippen LogP contribution in [0.2, 0.25) is 0 Å². The van der Waals surface area contributed by atoms with Crippen molar-refractivity contribution in [3.8, 4) is 0 Å². The predicted molar refractivity (Wildman–Crippen MR) is 104 cm³/mol. The second-order valence-corrected chi connectivity index (χ2v) is 9.72. The minimum atomic E-state index is -5.13. The van der Waals surface area contributed by atoms with E-state index < -0.39 is 59.3 Å². The van der Waals surface area contributed by atoms with E-state index in [0.717, 1.165) is 4.90 Å². The van der Waals surface area contributed by atoms with Gasteiger partial charge < -0.3 is 9.84 Å². The average molecular weight is 481 g/mol. The first kappa shape index (κ1) is 25.3. The highest BCUT2D eigenvalue weighted by atomic mass is 19.4. The van der Waals surface area contributed by atoms with Gasteiger partial charge in [-0.3, -0.25) is 9.69 Å². The summed E-state index contributed by atoms with van der Waals surface area (Å²) in [5.74, 6) is -2.44. The lowest BCUT2D eigenvalue weighted by Crippen LogP contribution is -2.55. The molecule has 1 aromatic rings. The maximum Gasteiger partial charge on any atom is 0.416 e. The summed E-state index contributed by atoms with van der Waals surface area (Å²) in [7, 11) is 0. The number of hydrogen-bond donors (Lipinski definition) is 1. The van der Waals surface area contributed by atoms with Gasteiger partial charge in [0.15, 0.2) is 6.04 Å². The Morgan fingerprint density at radius 2 is 1.45 bits per heavy atom. The molecule has 11 heteroatoms. The van der Waals surface area contributed by atoms with E-state index >= 15 is 0 Å². The van der Waals surface area contributed by atoms with Gasteiger partial charge in [-0.25, -0.2) is 4.79 Å². The first-order valence-electron chi connectivity index (χ1n) is 10.5. The van der Waals surface area contributed by atoms with E-state index in [2.05, 4.69) is 0 Å². The number of halogens is 6. The molecule has 1 spiro atoms. The molecule has 2 aliphatic rings. The molecule has 1 saturated carbocycles. The van der Waals surface area contributed by atoms with Crippen molar-refractivity contribution in [3.05, 3.63) is 34.9 Å². The van der Waals surface area contributed by atoms with Crippen LogP contribution in [0, 0.1) is 11.3 Å². The fraction of sp³-hybridized carbons (Fsp3) is 0.636. The van der Waals surface area contributed by atoms with E-state index in [-0.39, 0.29) is 30.2 Å². The van der Waals surface area contributed by atoms with Crippen LogP contribution >= 0.6 is 0 Å². The molecule has 0 aromatic heterocycles. The zero-order valence-corrected chi connectivity index (χ0v) is 18.3. The lowest BCUT2D eigenvalue weighted by Gasteiger charge is -2.46. The Morgan fingerprint density at radius 1 is 0.970 bits per heavy atom. The van der Waals surface area contributed by atoms with Gasteiger partial charge in [0.1, 0.15) is 5.72 Å². The maximum absolute atomic E-state index is 13.3. The minimum absolute atomic E-state index is 0.0656. The Hall–Kier alpha value is -2.30. The van der Waals surface area contributed by atoms with Gasteiger partial charge in [0.05, 0.1) is 17.7 Å². The highest BCUT2D eigenvalue weighted by Crippen LogP contribution is 2.48. The molecular weight excluding hydrogens is 456 g/mol. The average Bonchev–Trinajstić information content (AvgIpc) is 3.04.